The van der Waals surface area contributed by atoms with Crippen molar-refractivity contribution < 1.29 is 8.42 Å². The summed E-state index contributed by atoms with van der Waals surface area (Å²) in [5.41, 5.74) is 4.16. The van der Waals surface area contributed by atoms with Crippen LogP contribution in [0.15, 0.2) is 11.0 Å². The Hall–Kier alpha value is -0.870. The summed E-state index contributed by atoms with van der Waals surface area (Å²) in [5, 5.41) is 0. The molecule has 1 saturated carbocycles. The fourth-order valence-corrected chi connectivity index (χ4v) is 4.97. The molecule has 118 valence electrons. The molecule has 4 heteroatoms. The highest BCUT2D eigenvalue weighted by molar-refractivity contribution is 7.89. The summed E-state index contributed by atoms with van der Waals surface area (Å²) in [6, 6.07) is 1.89. The topological polar surface area (TPSA) is 46.2 Å². The van der Waals surface area contributed by atoms with Crippen molar-refractivity contribution in [2.24, 2.45) is 5.92 Å². The van der Waals surface area contributed by atoms with Crippen molar-refractivity contribution in [1.29, 1.82) is 0 Å². The van der Waals surface area contributed by atoms with Crippen molar-refractivity contribution in [2.45, 2.75) is 71.2 Å². The van der Waals surface area contributed by atoms with Crippen LogP contribution in [0.3, 0.4) is 0 Å². The maximum Gasteiger partial charge on any atom is 0.241 e. The van der Waals surface area contributed by atoms with Crippen molar-refractivity contribution in [2.75, 3.05) is 0 Å². The van der Waals surface area contributed by atoms with E-state index in [-0.39, 0.29) is 6.04 Å². The predicted octanol–water partition coefficient (Wildman–Crippen LogP) is 3.78. The van der Waals surface area contributed by atoms with E-state index in [4.69, 9.17) is 0 Å². The second-order valence-corrected chi connectivity index (χ2v) is 8.24. The molecule has 3 nitrogen and oxygen atoms in total. The molecule has 0 heterocycles. The van der Waals surface area contributed by atoms with E-state index in [1.807, 2.05) is 33.8 Å². The van der Waals surface area contributed by atoms with Gasteiger partial charge in [-0.3, -0.25) is 0 Å². The zero-order valence-electron chi connectivity index (χ0n) is 13.8. The Kier molecular flexibility index (Phi) is 4.79. The largest absolute Gasteiger partial charge is 0.241 e. The summed E-state index contributed by atoms with van der Waals surface area (Å²) >= 11 is 0. The normalized spacial score (nSPS) is 23.3. The summed E-state index contributed by atoms with van der Waals surface area (Å²) in [4.78, 5) is 0.445. The molecular weight excluding hydrogens is 282 g/mol. The van der Waals surface area contributed by atoms with Gasteiger partial charge in [-0.05, 0) is 74.8 Å². The van der Waals surface area contributed by atoms with Gasteiger partial charge in [0, 0.05) is 6.04 Å². The molecule has 1 aliphatic rings. The average molecular weight is 309 g/mol. The molecule has 1 aromatic rings. The van der Waals surface area contributed by atoms with E-state index < -0.39 is 10.0 Å². The van der Waals surface area contributed by atoms with Gasteiger partial charge in [0.15, 0.2) is 0 Å². The van der Waals surface area contributed by atoms with Crippen LogP contribution in [0.25, 0.3) is 0 Å². The van der Waals surface area contributed by atoms with Gasteiger partial charge >= 0.3 is 0 Å². The summed E-state index contributed by atoms with van der Waals surface area (Å²) in [5.74, 6) is 0.418. The molecule has 0 aliphatic heterocycles. The Morgan fingerprint density at radius 2 is 1.62 bits per heavy atom. The summed E-state index contributed by atoms with van der Waals surface area (Å²) < 4.78 is 28.5. The van der Waals surface area contributed by atoms with E-state index in [1.165, 1.54) is 12.0 Å². The summed E-state index contributed by atoms with van der Waals surface area (Å²) in [7, 11) is -3.44. The van der Waals surface area contributed by atoms with Crippen LogP contribution in [0.5, 0.6) is 0 Å². The van der Waals surface area contributed by atoms with E-state index in [1.54, 1.807) is 0 Å². The van der Waals surface area contributed by atoms with Gasteiger partial charge in [0.25, 0.3) is 0 Å². The second kappa shape index (κ2) is 6.09. The van der Waals surface area contributed by atoms with Crippen LogP contribution in [0.1, 0.15) is 54.9 Å². The van der Waals surface area contributed by atoms with Crippen LogP contribution in [-0.2, 0) is 10.0 Å². The molecule has 0 radical (unpaired) electrons. The lowest BCUT2D eigenvalue weighted by molar-refractivity contribution is 0.310. The molecular formula is C17H27NO2S. The van der Waals surface area contributed by atoms with Gasteiger partial charge in [-0.15, -0.1) is 0 Å². The minimum atomic E-state index is -3.44. The predicted molar refractivity (Wildman–Crippen MR) is 87.1 cm³/mol. The van der Waals surface area contributed by atoms with Gasteiger partial charge in [-0.2, -0.15) is 0 Å². The van der Waals surface area contributed by atoms with Crippen LogP contribution in [-0.4, -0.2) is 14.5 Å². The highest BCUT2D eigenvalue weighted by Crippen LogP contribution is 2.28. The van der Waals surface area contributed by atoms with Crippen LogP contribution < -0.4 is 4.72 Å². The number of hydrogen-bond acceptors (Lipinski definition) is 2. The highest BCUT2D eigenvalue weighted by Gasteiger charge is 2.28. The third-order valence-electron chi connectivity index (χ3n) is 5.14. The second-order valence-electron chi connectivity index (χ2n) is 6.56. The van der Waals surface area contributed by atoms with Crippen LogP contribution in [0.4, 0.5) is 0 Å². The van der Waals surface area contributed by atoms with Crippen molar-refractivity contribution in [3.05, 3.63) is 28.3 Å². The van der Waals surface area contributed by atoms with Gasteiger partial charge in [-0.25, -0.2) is 13.1 Å². The van der Waals surface area contributed by atoms with Crippen molar-refractivity contribution in [1.82, 2.24) is 4.72 Å². The zero-order valence-corrected chi connectivity index (χ0v) is 14.6. The van der Waals surface area contributed by atoms with E-state index in [0.29, 0.717) is 10.8 Å². The van der Waals surface area contributed by atoms with E-state index >= 15 is 0 Å². The quantitative estimate of drug-likeness (QED) is 0.923. The summed E-state index contributed by atoms with van der Waals surface area (Å²) in [6.07, 6.45) is 4.38. The van der Waals surface area contributed by atoms with Gasteiger partial charge in [0.05, 0.1) is 4.90 Å². The lowest BCUT2D eigenvalue weighted by atomic mass is 9.87. The maximum atomic E-state index is 12.8. The van der Waals surface area contributed by atoms with Crippen LogP contribution in [0.2, 0.25) is 0 Å². The molecule has 0 aromatic heterocycles. The molecule has 1 aromatic carbocycles. The number of sulfonamides is 1. The first kappa shape index (κ1) is 16.5. The smallest absolute Gasteiger partial charge is 0.208 e. The Morgan fingerprint density at radius 1 is 1.00 bits per heavy atom. The Balaban J connectivity index is 2.36. The molecule has 0 saturated heterocycles. The highest BCUT2D eigenvalue weighted by atomic mass is 32.2. The first-order valence-electron chi connectivity index (χ1n) is 7.83. The number of nitrogens with one attached hydrogen (secondary N) is 1. The lowest BCUT2D eigenvalue weighted by Crippen LogP contribution is -2.41. The monoisotopic (exact) mass is 309 g/mol. The Morgan fingerprint density at radius 3 is 2.24 bits per heavy atom. The van der Waals surface area contributed by atoms with Gasteiger partial charge in [0.1, 0.15) is 0 Å². The van der Waals surface area contributed by atoms with Crippen molar-refractivity contribution in [3.63, 3.8) is 0 Å². The molecule has 2 unspecified atom stereocenters. The van der Waals surface area contributed by atoms with E-state index in [2.05, 4.69) is 11.6 Å². The van der Waals surface area contributed by atoms with Gasteiger partial charge in [0.2, 0.25) is 10.0 Å². The van der Waals surface area contributed by atoms with Crippen molar-refractivity contribution in [3.8, 4) is 0 Å². The molecule has 2 atom stereocenters. The lowest BCUT2D eigenvalue weighted by Gasteiger charge is -2.29. The fraction of sp³-hybridized carbons (Fsp3) is 0.647. The molecule has 0 amide bonds. The molecule has 1 aliphatic carbocycles. The van der Waals surface area contributed by atoms with Gasteiger partial charge < -0.3 is 0 Å². The molecule has 0 spiro atoms. The number of benzene rings is 1. The zero-order chi connectivity index (χ0) is 15.8. The number of hydrogen-bond donors (Lipinski definition) is 1. The molecule has 0 bridgehead atoms. The van der Waals surface area contributed by atoms with E-state index in [9.17, 15) is 8.42 Å². The van der Waals surface area contributed by atoms with Crippen LogP contribution in [0, 0.1) is 33.6 Å². The third kappa shape index (κ3) is 3.32. The number of aryl methyl sites for hydroxylation is 1. The first-order chi connectivity index (χ1) is 9.74. The Bertz CT molecular complexity index is 635. The minimum absolute atomic E-state index is 0.0741. The van der Waals surface area contributed by atoms with E-state index in [0.717, 1.165) is 36.0 Å². The molecule has 1 N–H and O–H groups in total. The standard InChI is InChI=1S/C17H27NO2S/c1-11-8-6-7-9-16(11)18-21(19,20)17-10-12(2)13(3)14(4)15(17)5/h10-11,16,18H,6-9H2,1-5H3. The molecule has 2 rings (SSSR count). The average Bonchev–Trinajstić information content (AvgIpc) is 2.42. The molecule has 1 fully saturated rings. The first-order valence-corrected chi connectivity index (χ1v) is 9.32. The van der Waals surface area contributed by atoms with Gasteiger partial charge in [-0.1, -0.05) is 19.8 Å². The fourth-order valence-electron chi connectivity index (χ4n) is 3.21. The number of rotatable bonds is 3. The minimum Gasteiger partial charge on any atom is -0.208 e. The maximum absolute atomic E-state index is 12.8. The third-order valence-corrected chi connectivity index (χ3v) is 6.76. The Labute approximate surface area is 129 Å². The van der Waals surface area contributed by atoms with Crippen molar-refractivity contribution >= 4 is 10.0 Å². The summed E-state index contributed by atoms with van der Waals surface area (Å²) in [6.45, 7) is 10.1. The SMILES string of the molecule is Cc1cc(S(=O)(=O)NC2CCCCC2C)c(C)c(C)c1C. The molecule has 21 heavy (non-hydrogen) atoms. The van der Waals surface area contributed by atoms with Crippen LogP contribution >= 0.6 is 0 Å².